The molecule has 0 radical (unpaired) electrons. The minimum atomic E-state index is -0.329. The largest absolute Gasteiger partial charge is 0.493 e. The monoisotopic (exact) mass is 289 g/mol. The number of fused-ring (bicyclic) bond motifs is 3. The van der Waals surface area contributed by atoms with Crippen molar-refractivity contribution < 1.29 is 14.6 Å². The molecule has 1 unspecified atom stereocenters. The second kappa shape index (κ2) is 5.98. The Kier molecular flexibility index (Phi) is 4.06. The lowest BCUT2D eigenvalue weighted by molar-refractivity contribution is 0.0215. The Morgan fingerprint density at radius 1 is 1.29 bits per heavy atom. The van der Waals surface area contributed by atoms with Gasteiger partial charge in [0.1, 0.15) is 0 Å². The third-order valence-corrected chi connectivity index (χ3v) is 4.46. The van der Waals surface area contributed by atoms with Crippen LogP contribution in [0.4, 0.5) is 0 Å². The second-order valence-corrected chi connectivity index (χ2v) is 5.68. The zero-order valence-corrected chi connectivity index (χ0v) is 12.7. The predicted octanol–water partition coefficient (Wildman–Crippen LogP) is 2.52. The molecule has 4 heteroatoms. The highest BCUT2D eigenvalue weighted by molar-refractivity contribution is 5.59. The van der Waals surface area contributed by atoms with Gasteiger partial charge in [-0.1, -0.05) is 6.07 Å². The van der Waals surface area contributed by atoms with Gasteiger partial charge in [0, 0.05) is 18.8 Å². The highest BCUT2D eigenvalue weighted by atomic mass is 16.5. The average Bonchev–Trinajstić information content (AvgIpc) is 2.52. The molecule has 2 bridgehead atoms. The Bertz CT molecular complexity index is 529. The molecule has 3 heterocycles. The summed E-state index contributed by atoms with van der Waals surface area (Å²) in [6, 6.07) is 5.90. The van der Waals surface area contributed by atoms with Gasteiger partial charge < -0.3 is 19.5 Å². The van der Waals surface area contributed by atoms with E-state index in [1.54, 1.807) is 7.11 Å². The zero-order chi connectivity index (χ0) is 14.8. The summed E-state index contributed by atoms with van der Waals surface area (Å²) in [5.74, 6) is 1.91. The lowest BCUT2D eigenvalue weighted by Crippen LogP contribution is -2.48. The molecule has 0 spiro atoms. The van der Waals surface area contributed by atoms with Crippen LogP contribution in [0.5, 0.6) is 11.5 Å². The van der Waals surface area contributed by atoms with Crippen LogP contribution in [0.25, 0.3) is 6.08 Å². The first-order valence-corrected chi connectivity index (χ1v) is 7.68. The molecule has 0 aromatic heterocycles. The summed E-state index contributed by atoms with van der Waals surface area (Å²) in [5.41, 5.74) is 2.09. The van der Waals surface area contributed by atoms with Gasteiger partial charge >= 0.3 is 0 Å². The van der Waals surface area contributed by atoms with Crippen LogP contribution in [0.2, 0.25) is 0 Å². The van der Waals surface area contributed by atoms with Crippen molar-refractivity contribution in [3.63, 3.8) is 0 Å². The molecule has 3 aliphatic heterocycles. The second-order valence-electron chi connectivity index (χ2n) is 5.68. The van der Waals surface area contributed by atoms with Gasteiger partial charge in [-0.25, -0.2) is 0 Å². The number of aliphatic hydroxyl groups is 1. The Labute approximate surface area is 126 Å². The molecule has 21 heavy (non-hydrogen) atoms. The summed E-state index contributed by atoms with van der Waals surface area (Å²) in [6.45, 7) is 4.68. The van der Waals surface area contributed by atoms with Crippen LogP contribution >= 0.6 is 0 Å². The third-order valence-electron chi connectivity index (χ3n) is 4.46. The molecule has 1 atom stereocenters. The van der Waals surface area contributed by atoms with Crippen molar-refractivity contribution in [3.05, 3.63) is 29.5 Å². The fourth-order valence-corrected chi connectivity index (χ4v) is 3.30. The van der Waals surface area contributed by atoms with E-state index in [0.29, 0.717) is 12.5 Å². The van der Waals surface area contributed by atoms with Crippen LogP contribution in [0.15, 0.2) is 23.9 Å². The molecule has 4 rings (SSSR count). The van der Waals surface area contributed by atoms with Gasteiger partial charge in [-0.15, -0.1) is 0 Å². The zero-order valence-electron chi connectivity index (χ0n) is 12.7. The maximum absolute atomic E-state index is 10.4. The maximum atomic E-state index is 10.4. The van der Waals surface area contributed by atoms with E-state index in [1.165, 1.54) is 0 Å². The van der Waals surface area contributed by atoms with Crippen LogP contribution in [0.3, 0.4) is 0 Å². The summed E-state index contributed by atoms with van der Waals surface area (Å²) in [6.07, 6.45) is 3.96. The van der Waals surface area contributed by atoms with Gasteiger partial charge in [0.25, 0.3) is 0 Å². The third kappa shape index (κ3) is 2.72. The first kappa shape index (κ1) is 14.3. The number of hydrogen-bond acceptors (Lipinski definition) is 4. The normalized spacial score (nSPS) is 26.2. The molecule has 3 aliphatic rings. The van der Waals surface area contributed by atoms with E-state index in [2.05, 4.69) is 11.0 Å². The van der Waals surface area contributed by atoms with Gasteiger partial charge in [0.2, 0.25) is 0 Å². The van der Waals surface area contributed by atoms with E-state index in [0.717, 1.165) is 48.7 Å². The number of methoxy groups -OCH3 is 1. The van der Waals surface area contributed by atoms with E-state index in [1.807, 2.05) is 25.1 Å². The van der Waals surface area contributed by atoms with Crippen LogP contribution in [0, 0.1) is 5.92 Å². The molecule has 3 saturated heterocycles. The van der Waals surface area contributed by atoms with Gasteiger partial charge in [0.15, 0.2) is 11.5 Å². The fourth-order valence-electron chi connectivity index (χ4n) is 3.30. The van der Waals surface area contributed by atoms with E-state index >= 15 is 0 Å². The quantitative estimate of drug-likeness (QED) is 0.925. The van der Waals surface area contributed by atoms with Gasteiger partial charge in [0.05, 0.1) is 19.8 Å². The SMILES string of the molecule is CCOc1cc(/C=C2/C(O)C3CCN2CC3)ccc1OC. The molecular weight excluding hydrogens is 266 g/mol. The van der Waals surface area contributed by atoms with Crippen molar-refractivity contribution in [1.29, 1.82) is 0 Å². The number of nitrogens with zero attached hydrogens (tertiary/aromatic N) is 1. The summed E-state index contributed by atoms with van der Waals surface area (Å²) in [7, 11) is 1.64. The molecule has 1 N–H and O–H groups in total. The Morgan fingerprint density at radius 3 is 2.67 bits per heavy atom. The van der Waals surface area contributed by atoms with Crippen molar-refractivity contribution >= 4 is 6.08 Å². The number of benzene rings is 1. The van der Waals surface area contributed by atoms with E-state index in [9.17, 15) is 5.11 Å². The standard InChI is InChI=1S/C17H23NO3/c1-3-21-16-11-12(4-5-15(16)20-2)10-14-17(19)13-6-8-18(14)9-7-13/h4-5,10-11,13,17,19H,3,6-9H2,1-2H3/b14-10-. The Morgan fingerprint density at radius 2 is 2.05 bits per heavy atom. The van der Waals surface area contributed by atoms with E-state index < -0.39 is 0 Å². The predicted molar refractivity (Wildman–Crippen MR) is 82.4 cm³/mol. The first-order chi connectivity index (χ1) is 10.2. The maximum Gasteiger partial charge on any atom is 0.161 e. The number of hydrogen-bond donors (Lipinski definition) is 1. The summed E-state index contributed by atoms with van der Waals surface area (Å²) in [4.78, 5) is 2.30. The van der Waals surface area contributed by atoms with Crippen LogP contribution in [0.1, 0.15) is 25.3 Å². The molecule has 1 aromatic carbocycles. The van der Waals surface area contributed by atoms with Crippen LogP contribution in [-0.4, -0.2) is 42.9 Å². The summed E-state index contributed by atoms with van der Waals surface area (Å²) < 4.78 is 10.9. The summed E-state index contributed by atoms with van der Waals surface area (Å²) in [5, 5.41) is 10.4. The highest BCUT2D eigenvalue weighted by Crippen LogP contribution is 2.36. The molecule has 0 aliphatic carbocycles. The number of aliphatic hydroxyl groups excluding tert-OH is 1. The van der Waals surface area contributed by atoms with Gasteiger partial charge in [-0.3, -0.25) is 0 Å². The molecule has 0 amide bonds. The molecule has 4 nitrogen and oxygen atoms in total. The number of rotatable bonds is 4. The minimum Gasteiger partial charge on any atom is -0.493 e. The van der Waals surface area contributed by atoms with Gasteiger partial charge in [-0.05, 0) is 49.5 Å². The van der Waals surface area contributed by atoms with E-state index in [-0.39, 0.29) is 6.10 Å². The highest BCUT2D eigenvalue weighted by Gasteiger charge is 2.36. The minimum absolute atomic E-state index is 0.329. The van der Waals surface area contributed by atoms with Gasteiger partial charge in [-0.2, -0.15) is 0 Å². The molecular formula is C17H23NO3. The Balaban J connectivity index is 1.90. The lowest BCUT2D eigenvalue weighted by Gasteiger charge is -2.45. The first-order valence-electron chi connectivity index (χ1n) is 7.68. The van der Waals surface area contributed by atoms with Crippen molar-refractivity contribution in [3.8, 4) is 11.5 Å². The lowest BCUT2D eigenvalue weighted by atomic mass is 9.83. The topological polar surface area (TPSA) is 41.9 Å². The smallest absolute Gasteiger partial charge is 0.161 e. The molecule has 1 aromatic rings. The number of piperidine rings is 3. The fraction of sp³-hybridized carbons (Fsp3) is 0.529. The Hall–Kier alpha value is -1.68. The van der Waals surface area contributed by atoms with E-state index in [4.69, 9.17) is 9.47 Å². The van der Waals surface area contributed by atoms with Crippen LogP contribution in [-0.2, 0) is 0 Å². The average molecular weight is 289 g/mol. The molecule has 114 valence electrons. The van der Waals surface area contributed by atoms with Crippen molar-refractivity contribution in [2.45, 2.75) is 25.9 Å². The molecule has 0 saturated carbocycles. The number of ether oxygens (including phenoxy) is 2. The molecule has 3 fully saturated rings. The van der Waals surface area contributed by atoms with Crippen molar-refractivity contribution in [1.82, 2.24) is 4.90 Å². The van der Waals surface area contributed by atoms with Crippen molar-refractivity contribution in [2.75, 3.05) is 26.8 Å². The van der Waals surface area contributed by atoms with Crippen molar-refractivity contribution in [2.24, 2.45) is 5.92 Å². The summed E-state index contributed by atoms with van der Waals surface area (Å²) >= 11 is 0. The van der Waals surface area contributed by atoms with Crippen LogP contribution < -0.4 is 9.47 Å².